The Kier molecular flexibility index (Phi) is 3.44. The number of aryl methyl sites for hydroxylation is 2. The van der Waals surface area contributed by atoms with Crippen molar-refractivity contribution in [2.24, 2.45) is 5.84 Å². The van der Waals surface area contributed by atoms with Crippen molar-refractivity contribution >= 4 is 21.8 Å². The number of halogens is 1. The lowest BCUT2D eigenvalue weighted by molar-refractivity contribution is -0.121. The van der Waals surface area contributed by atoms with Crippen molar-refractivity contribution in [1.82, 2.24) is 15.2 Å². The highest BCUT2D eigenvalue weighted by Crippen LogP contribution is 2.13. The van der Waals surface area contributed by atoms with Crippen LogP contribution < -0.4 is 11.3 Å². The molecule has 1 amide bonds. The lowest BCUT2D eigenvalue weighted by atomic mass is 10.4. The monoisotopic (exact) mass is 246 g/mol. The molecule has 0 aliphatic rings. The van der Waals surface area contributed by atoms with Gasteiger partial charge in [-0.25, -0.2) is 5.84 Å². The third-order valence-electron chi connectivity index (χ3n) is 1.62. The van der Waals surface area contributed by atoms with Crippen molar-refractivity contribution in [3.63, 3.8) is 0 Å². The molecule has 1 heterocycles. The molecule has 5 nitrogen and oxygen atoms in total. The Labute approximate surface area is 84.4 Å². The number of carbonyl (C=O) groups is 1. The zero-order valence-corrected chi connectivity index (χ0v) is 8.84. The van der Waals surface area contributed by atoms with Gasteiger partial charge in [0.15, 0.2) is 0 Å². The molecule has 0 aliphatic heterocycles. The van der Waals surface area contributed by atoms with Crippen LogP contribution in [0.4, 0.5) is 0 Å². The number of hydrogen-bond donors (Lipinski definition) is 2. The number of nitrogens with zero attached hydrogens (tertiary/aromatic N) is 2. The molecule has 0 atom stereocenters. The van der Waals surface area contributed by atoms with Crippen LogP contribution in [-0.2, 0) is 11.3 Å². The first kappa shape index (κ1) is 10.2. The van der Waals surface area contributed by atoms with Gasteiger partial charge in [-0.3, -0.25) is 14.9 Å². The molecule has 1 aromatic rings. The van der Waals surface area contributed by atoms with E-state index in [0.29, 0.717) is 13.0 Å². The number of aromatic nitrogens is 2. The van der Waals surface area contributed by atoms with E-state index < -0.39 is 0 Å². The molecule has 72 valence electrons. The fourth-order valence-corrected chi connectivity index (χ4v) is 1.21. The van der Waals surface area contributed by atoms with Crippen LogP contribution >= 0.6 is 15.9 Å². The van der Waals surface area contributed by atoms with Gasteiger partial charge in [-0.15, -0.1) is 0 Å². The molecular formula is C7H11BrN4O. The molecule has 0 aromatic carbocycles. The number of nitrogens with two attached hydrogens (primary N) is 1. The molecule has 0 bridgehead atoms. The average molecular weight is 247 g/mol. The van der Waals surface area contributed by atoms with Crippen molar-refractivity contribution < 1.29 is 4.79 Å². The summed E-state index contributed by atoms with van der Waals surface area (Å²) in [6, 6.07) is 0. The Hall–Kier alpha value is -0.880. The number of rotatable bonds is 3. The van der Waals surface area contributed by atoms with E-state index in [2.05, 4.69) is 26.5 Å². The molecule has 0 fully saturated rings. The molecule has 0 radical (unpaired) electrons. The maximum Gasteiger partial charge on any atom is 0.235 e. The molecule has 0 aliphatic carbocycles. The van der Waals surface area contributed by atoms with Crippen LogP contribution in [0.2, 0.25) is 0 Å². The highest BCUT2D eigenvalue weighted by atomic mass is 79.9. The first-order valence-corrected chi connectivity index (χ1v) is 4.62. The smallest absolute Gasteiger partial charge is 0.235 e. The second-order valence-electron chi connectivity index (χ2n) is 2.64. The first-order valence-electron chi connectivity index (χ1n) is 3.82. The Morgan fingerprint density at radius 1 is 1.85 bits per heavy atom. The van der Waals surface area contributed by atoms with Gasteiger partial charge in [-0.05, 0) is 22.9 Å². The van der Waals surface area contributed by atoms with Crippen molar-refractivity contribution in [3.05, 3.63) is 16.4 Å². The molecule has 1 rings (SSSR count). The average Bonchev–Trinajstić information content (AvgIpc) is 2.42. The number of carbonyl (C=O) groups excluding carboxylic acids is 1. The molecule has 0 saturated carbocycles. The summed E-state index contributed by atoms with van der Waals surface area (Å²) in [5.41, 5.74) is 2.98. The highest BCUT2D eigenvalue weighted by molar-refractivity contribution is 9.10. The normalized spacial score (nSPS) is 10.1. The van der Waals surface area contributed by atoms with Gasteiger partial charge >= 0.3 is 0 Å². The van der Waals surface area contributed by atoms with E-state index in [-0.39, 0.29) is 5.91 Å². The van der Waals surface area contributed by atoms with Crippen LogP contribution in [0.3, 0.4) is 0 Å². The van der Waals surface area contributed by atoms with Gasteiger partial charge in [0.2, 0.25) is 5.91 Å². The van der Waals surface area contributed by atoms with Gasteiger partial charge in [-0.2, -0.15) is 5.10 Å². The van der Waals surface area contributed by atoms with Crippen LogP contribution in [0.15, 0.2) is 10.7 Å². The summed E-state index contributed by atoms with van der Waals surface area (Å²) in [5, 5.41) is 4.17. The van der Waals surface area contributed by atoms with Gasteiger partial charge in [0, 0.05) is 19.2 Å². The van der Waals surface area contributed by atoms with Gasteiger partial charge in [0.25, 0.3) is 0 Å². The molecule has 0 unspecified atom stereocenters. The number of hydrazine groups is 1. The summed E-state index contributed by atoms with van der Waals surface area (Å²) in [6.45, 7) is 2.43. The topological polar surface area (TPSA) is 72.9 Å². The minimum absolute atomic E-state index is 0.190. The standard InChI is InChI=1S/C7H11BrN4O/c1-5-6(8)4-12(11-5)3-2-7(13)10-9/h4H,2-3,9H2,1H3,(H,10,13). The van der Waals surface area contributed by atoms with E-state index in [4.69, 9.17) is 5.84 Å². The van der Waals surface area contributed by atoms with Gasteiger partial charge in [-0.1, -0.05) is 0 Å². The second kappa shape index (κ2) is 4.38. The van der Waals surface area contributed by atoms with Crippen molar-refractivity contribution in [3.8, 4) is 0 Å². The third-order valence-corrected chi connectivity index (χ3v) is 2.39. The zero-order valence-electron chi connectivity index (χ0n) is 7.25. The van der Waals surface area contributed by atoms with E-state index in [1.54, 1.807) is 4.68 Å². The quantitative estimate of drug-likeness (QED) is 0.459. The molecule has 0 saturated heterocycles. The lowest BCUT2D eigenvalue weighted by Crippen LogP contribution is -2.30. The fraction of sp³-hybridized carbons (Fsp3) is 0.429. The van der Waals surface area contributed by atoms with Gasteiger partial charge < -0.3 is 0 Å². The third kappa shape index (κ3) is 2.82. The fourth-order valence-electron chi connectivity index (χ4n) is 0.896. The van der Waals surface area contributed by atoms with Crippen LogP contribution in [0, 0.1) is 6.92 Å². The molecule has 13 heavy (non-hydrogen) atoms. The predicted molar refractivity (Wildman–Crippen MR) is 51.6 cm³/mol. The summed E-state index contributed by atoms with van der Waals surface area (Å²) in [6.07, 6.45) is 2.17. The summed E-state index contributed by atoms with van der Waals surface area (Å²) >= 11 is 3.33. The summed E-state index contributed by atoms with van der Waals surface area (Å²) in [7, 11) is 0. The molecule has 0 spiro atoms. The summed E-state index contributed by atoms with van der Waals surface area (Å²) in [4.78, 5) is 10.8. The van der Waals surface area contributed by atoms with E-state index in [1.807, 2.05) is 13.1 Å². The molecular weight excluding hydrogens is 236 g/mol. The van der Waals surface area contributed by atoms with Crippen molar-refractivity contribution in [1.29, 1.82) is 0 Å². The predicted octanol–water partition coefficient (Wildman–Crippen LogP) is 0.334. The van der Waals surface area contributed by atoms with Crippen LogP contribution in [-0.4, -0.2) is 15.7 Å². The Morgan fingerprint density at radius 3 is 3.00 bits per heavy atom. The van der Waals surface area contributed by atoms with Gasteiger partial charge in [0.1, 0.15) is 0 Å². The maximum atomic E-state index is 10.8. The van der Waals surface area contributed by atoms with Gasteiger partial charge in [0.05, 0.1) is 10.2 Å². The van der Waals surface area contributed by atoms with Crippen LogP contribution in [0.25, 0.3) is 0 Å². The molecule has 3 N–H and O–H groups in total. The summed E-state index contributed by atoms with van der Waals surface area (Å²) < 4.78 is 2.65. The first-order chi connectivity index (χ1) is 6.13. The number of hydrogen-bond acceptors (Lipinski definition) is 3. The van der Waals surface area contributed by atoms with E-state index in [9.17, 15) is 4.79 Å². The second-order valence-corrected chi connectivity index (χ2v) is 3.50. The Bertz CT molecular complexity index is 290. The van der Waals surface area contributed by atoms with E-state index >= 15 is 0 Å². The minimum atomic E-state index is -0.190. The largest absolute Gasteiger partial charge is 0.294 e. The molecule has 6 heteroatoms. The lowest BCUT2D eigenvalue weighted by Gasteiger charge is -1.99. The maximum absolute atomic E-state index is 10.8. The van der Waals surface area contributed by atoms with Crippen molar-refractivity contribution in [2.45, 2.75) is 19.9 Å². The zero-order chi connectivity index (χ0) is 9.84. The Balaban J connectivity index is 2.50. The van der Waals surface area contributed by atoms with E-state index in [0.717, 1.165) is 10.2 Å². The summed E-state index contributed by atoms with van der Waals surface area (Å²) in [5.74, 6) is 4.74. The number of nitrogens with one attached hydrogen (secondary N) is 1. The minimum Gasteiger partial charge on any atom is -0.294 e. The highest BCUT2D eigenvalue weighted by Gasteiger charge is 2.03. The SMILES string of the molecule is Cc1nn(CCC(=O)NN)cc1Br. The van der Waals surface area contributed by atoms with E-state index in [1.165, 1.54) is 0 Å². The van der Waals surface area contributed by atoms with Crippen LogP contribution in [0.5, 0.6) is 0 Å². The van der Waals surface area contributed by atoms with Crippen molar-refractivity contribution in [2.75, 3.05) is 0 Å². The Morgan fingerprint density at radius 2 is 2.54 bits per heavy atom. The van der Waals surface area contributed by atoms with Crippen LogP contribution in [0.1, 0.15) is 12.1 Å². The molecule has 1 aromatic heterocycles. The number of amides is 1.